The summed E-state index contributed by atoms with van der Waals surface area (Å²) in [5.41, 5.74) is 1.05. The predicted octanol–water partition coefficient (Wildman–Crippen LogP) is 2.57. The Kier molecular flexibility index (Phi) is 7.52. The van der Waals surface area contributed by atoms with Crippen LogP contribution in [0.5, 0.6) is 0 Å². The molecule has 0 heterocycles. The van der Waals surface area contributed by atoms with Crippen LogP contribution in [0.15, 0.2) is 42.5 Å². The molecule has 0 aliphatic heterocycles. The van der Waals surface area contributed by atoms with Crippen LogP contribution in [-0.4, -0.2) is 29.3 Å². The lowest BCUT2D eigenvalue weighted by Gasteiger charge is -2.10. The smallest absolute Gasteiger partial charge is 0.333 e. The van der Waals surface area contributed by atoms with E-state index in [2.05, 4.69) is 22.5 Å². The molecular weight excluding hydrogens is 352 g/mol. The van der Waals surface area contributed by atoms with Crippen LogP contribution in [0.1, 0.15) is 18.9 Å². The van der Waals surface area contributed by atoms with Crippen molar-refractivity contribution in [3.8, 4) is 0 Å². The molecule has 118 valence electrons. The minimum absolute atomic E-state index is 0.00628. The number of carbonyl (C=O) groups excluding carboxylic acids is 3. The topological polar surface area (TPSA) is 69.7 Å². The minimum Gasteiger partial charge on any atom is -0.461 e. The fourth-order valence-corrected chi connectivity index (χ4v) is 1.89. The molecule has 1 aromatic rings. The average molecular weight is 369 g/mol. The lowest BCUT2D eigenvalue weighted by atomic mass is 10.2. The van der Waals surface area contributed by atoms with Gasteiger partial charge >= 0.3 is 17.9 Å². The number of carbonyl (C=O) groups is 3. The monoisotopic (exact) mass is 368 g/mol. The summed E-state index contributed by atoms with van der Waals surface area (Å²) in [4.78, 5) is 34.0. The molecule has 0 amide bonds. The molecule has 1 unspecified atom stereocenters. The number of halogens is 1. The number of esters is 3. The molecule has 0 saturated heterocycles. The van der Waals surface area contributed by atoms with E-state index >= 15 is 0 Å². The molecule has 0 N–H and O–H groups in total. The first-order chi connectivity index (χ1) is 10.4. The molecule has 22 heavy (non-hydrogen) atoms. The number of benzene rings is 1. The molecule has 1 rings (SSSR count). The Hall–Kier alpha value is -1.95. The van der Waals surface area contributed by atoms with Gasteiger partial charge in [-0.05, 0) is 12.5 Å². The Balaban J connectivity index is 2.31. The van der Waals surface area contributed by atoms with Gasteiger partial charge in [0.1, 0.15) is 6.61 Å². The van der Waals surface area contributed by atoms with Crippen LogP contribution in [0.3, 0.4) is 0 Å². The zero-order chi connectivity index (χ0) is 16.5. The predicted molar refractivity (Wildman–Crippen MR) is 84.4 cm³/mol. The number of ether oxygens (including phenoxy) is 2. The summed E-state index contributed by atoms with van der Waals surface area (Å²) in [7, 11) is 0. The maximum atomic E-state index is 11.6. The fraction of sp³-hybridized carbons (Fsp3) is 0.312. The standard InChI is InChI=1S/C16H17BrO5/c1-11(2)16(20)21-10-13(17)9-15(19)22-14(18)8-12-6-4-3-5-7-12/h3-7,13H,1,8-10H2,2H3. The summed E-state index contributed by atoms with van der Waals surface area (Å²) in [6.45, 7) is 4.97. The van der Waals surface area contributed by atoms with Crippen molar-refractivity contribution in [2.24, 2.45) is 0 Å². The van der Waals surface area contributed by atoms with Gasteiger partial charge in [-0.25, -0.2) is 4.79 Å². The van der Waals surface area contributed by atoms with Gasteiger partial charge in [-0.3, -0.25) is 9.59 Å². The Labute approximate surface area is 137 Å². The molecule has 0 bridgehead atoms. The summed E-state index contributed by atoms with van der Waals surface area (Å²) < 4.78 is 9.60. The van der Waals surface area contributed by atoms with E-state index in [0.717, 1.165) is 5.56 Å². The van der Waals surface area contributed by atoms with Crippen molar-refractivity contribution in [3.05, 3.63) is 48.0 Å². The minimum atomic E-state index is -0.672. The quantitative estimate of drug-likeness (QED) is 0.320. The second-order valence-electron chi connectivity index (χ2n) is 4.69. The molecule has 0 aliphatic rings. The van der Waals surface area contributed by atoms with Gasteiger partial charge in [-0.2, -0.15) is 0 Å². The molecule has 0 fully saturated rings. The van der Waals surface area contributed by atoms with Crippen LogP contribution >= 0.6 is 15.9 Å². The summed E-state index contributed by atoms with van der Waals surface area (Å²) in [5.74, 6) is -1.82. The van der Waals surface area contributed by atoms with E-state index in [4.69, 9.17) is 9.47 Å². The van der Waals surface area contributed by atoms with Gasteiger partial charge in [0.25, 0.3) is 0 Å². The zero-order valence-electron chi connectivity index (χ0n) is 12.2. The second kappa shape index (κ2) is 9.15. The van der Waals surface area contributed by atoms with Gasteiger partial charge in [-0.15, -0.1) is 0 Å². The van der Waals surface area contributed by atoms with E-state index < -0.39 is 22.7 Å². The Morgan fingerprint density at radius 1 is 1.18 bits per heavy atom. The molecule has 6 heteroatoms. The normalized spacial score (nSPS) is 11.4. The number of hydrogen-bond acceptors (Lipinski definition) is 5. The highest BCUT2D eigenvalue weighted by atomic mass is 79.9. The van der Waals surface area contributed by atoms with E-state index in [0.29, 0.717) is 0 Å². The van der Waals surface area contributed by atoms with E-state index in [1.807, 2.05) is 6.07 Å². The average Bonchev–Trinajstić information content (AvgIpc) is 2.45. The van der Waals surface area contributed by atoms with E-state index in [1.165, 1.54) is 6.92 Å². The Morgan fingerprint density at radius 2 is 1.82 bits per heavy atom. The van der Waals surface area contributed by atoms with Gasteiger partial charge in [0.15, 0.2) is 0 Å². The molecule has 0 aromatic heterocycles. The summed E-state index contributed by atoms with van der Waals surface area (Å²) >= 11 is 3.19. The largest absolute Gasteiger partial charge is 0.461 e. The summed E-state index contributed by atoms with van der Waals surface area (Å²) in [6, 6.07) is 8.98. The van der Waals surface area contributed by atoms with Crippen molar-refractivity contribution in [1.82, 2.24) is 0 Å². The third-order valence-corrected chi connectivity index (χ3v) is 3.14. The molecule has 1 aromatic carbocycles. The van der Waals surface area contributed by atoms with Crippen LogP contribution < -0.4 is 0 Å². The lowest BCUT2D eigenvalue weighted by molar-refractivity contribution is -0.159. The van der Waals surface area contributed by atoms with Crippen LogP contribution in [0.25, 0.3) is 0 Å². The van der Waals surface area contributed by atoms with Crippen molar-refractivity contribution in [1.29, 1.82) is 0 Å². The lowest BCUT2D eigenvalue weighted by Crippen LogP contribution is -2.21. The SMILES string of the molecule is C=C(C)C(=O)OCC(Br)CC(=O)OC(=O)Cc1ccccc1. The first-order valence-corrected chi connectivity index (χ1v) is 7.54. The maximum absolute atomic E-state index is 11.6. The van der Waals surface area contributed by atoms with Crippen molar-refractivity contribution in [2.45, 2.75) is 24.6 Å². The van der Waals surface area contributed by atoms with Gasteiger partial charge in [-0.1, -0.05) is 52.8 Å². The van der Waals surface area contributed by atoms with Crippen LogP contribution in [0.2, 0.25) is 0 Å². The van der Waals surface area contributed by atoms with E-state index in [-0.39, 0.29) is 25.0 Å². The van der Waals surface area contributed by atoms with Crippen LogP contribution in [0.4, 0.5) is 0 Å². The number of rotatable bonds is 7. The van der Waals surface area contributed by atoms with Gasteiger partial charge in [0.05, 0.1) is 17.7 Å². The number of alkyl halides is 1. The molecule has 5 nitrogen and oxygen atoms in total. The fourth-order valence-electron chi connectivity index (χ4n) is 1.50. The maximum Gasteiger partial charge on any atom is 0.333 e. The van der Waals surface area contributed by atoms with Crippen LogP contribution in [0, 0.1) is 0 Å². The van der Waals surface area contributed by atoms with Gasteiger partial charge in [0, 0.05) is 5.57 Å². The Morgan fingerprint density at radius 3 is 2.41 bits per heavy atom. The molecular formula is C16H17BrO5. The van der Waals surface area contributed by atoms with Gasteiger partial charge < -0.3 is 9.47 Å². The highest BCUT2D eigenvalue weighted by Crippen LogP contribution is 2.09. The molecule has 0 aliphatic carbocycles. The van der Waals surface area contributed by atoms with E-state index in [9.17, 15) is 14.4 Å². The highest BCUT2D eigenvalue weighted by molar-refractivity contribution is 9.09. The molecule has 1 atom stereocenters. The van der Waals surface area contributed by atoms with Crippen molar-refractivity contribution >= 4 is 33.8 Å². The Bertz CT molecular complexity index is 553. The van der Waals surface area contributed by atoms with Crippen molar-refractivity contribution in [2.75, 3.05) is 6.61 Å². The van der Waals surface area contributed by atoms with E-state index in [1.54, 1.807) is 24.3 Å². The first kappa shape index (κ1) is 18.1. The zero-order valence-corrected chi connectivity index (χ0v) is 13.8. The summed E-state index contributed by atoms with van der Waals surface area (Å²) in [6.07, 6.45) is -0.0474. The van der Waals surface area contributed by atoms with Crippen LogP contribution in [-0.2, 0) is 30.3 Å². The first-order valence-electron chi connectivity index (χ1n) is 6.62. The van der Waals surface area contributed by atoms with Crippen molar-refractivity contribution in [3.63, 3.8) is 0 Å². The number of hydrogen-bond donors (Lipinski definition) is 0. The summed E-state index contributed by atoms with van der Waals surface area (Å²) in [5, 5.41) is 0. The molecule has 0 saturated carbocycles. The molecule has 0 spiro atoms. The molecule has 0 radical (unpaired) electrons. The highest BCUT2D eigenvalue weighted by Gasteiger charge is 2.17. The third kappa shape index (κ3) is 7.17. The third-order valence-electron chi connectivity index (χ3n) is 2.55. The second-order valence-corrected chi connectivity index (χ2v) is 5.98. The van der Waals surface area contributed by atoms with Gasteiger partial charge in [0.2, 0.25) is 0 Å². The van der Waals surface area contributed by atoms with Crippen molar-refractivity contribution < 1.29 is 23.9 Å².